The Balaban J connectivity index is 1.84. The number of aromatic nitrogens is 1. The van der Waals surface area contributed by atoms with Crippen LogP contribution in [-0.2, 0) is 12.0 Å². The summed E-state index contributed by atoms with van der Waals surface area (Å²) in [5.41, 5.74) is 5.63. The Bertz CT molecular complexity index is 837. The highest BCUT2D eigenvalue weighted by molar-refractivity contribution is 5.77. The molecule has 2 heteroatoms. The second-order valence-corrected chi connectivity index (χ2v) is 5.99. The van der Waals surface area contributed by atoms with E-state index in [-0.39, 0.29) is 0 Å². The van der Waals surface area contributed by atoms with Crippen molar-refractivity contribution < 1.29 is 5.11 Å². The van der Waals surface area contributed by atoms with E-state index in [1.165, 1.54) is 22.3 Å². The van der Waals surface area contributed by atoms with Crippen LogP contribution in [-0.4, -0.2) is 10.1 Å². The molecule has 2 aromatic carbocycles. The second kappa shape index (κ2) is 4.79. The van der Waals surface area contributed by atoms with E-state index < -0.39 is 5.60 Å². The van der Waals surface area contributed by atoms with Crippen molar-refractivity contribution in [1.82, 2.24) is 4.98 Å². The molecule has 108 valence electrons. The Labute approximate surface area is 130 Å². The Morgan fingerprint density at radius 2 is 1.68 bits per heavy atom. The molecule has 0 spiro atoms. The van der Waals surface area contributed by atoms with Crippen LogP contribution >= 0.6 is 0 Å². The number of fused-ring (bicyclic) bond motifs is 3. The summed E-state index contributed by atoms with van der Waals surface area (Å²) in [4.78, 5) is 4.31. The Morgan fingerprint density at radius 3 is 2.50 bits per heavy atom. The van der Waals surface area contributed by atoms with Gasteiger partial charge in [-0.05, 0) is 59.4 Å². The van der Waals surface area contributed by atoms with Gasteiger partial charge in [-0.15, -0.1) is 0 Å². The molecule has 1 heterocycles. The Kier molecular flexibility index (Phi) is 2.88. The highest BCUT2D eigenvalue weighted by Gasteiger charge is 2.29. The van der Waals surface area contributed by atoms with Crippen LogP contribution in [0.15, 0.2) is 66.9 Å². The van der Waals surface area contributed by atoms with Crippen molar-refractivity contribution in [2.24, 2.45) is 0 Å². The van der Waals surface area contributed by atoms with Gasteiger partial charge < -0.3 is 5.11 Å². The van der Waals surface area contributed by atoms with Gasteiger partial charge in [0.2, 0.25) is 0 Å². The molecule has 4 rings (SSSR count). The molecule has 0 saturated heterocycles. The number of aliphatic hydroxyl groups is 1. The zero-order valence-electron chi connectivity index (χ0n) is 12.5. The van der Waals surface area contributed by atoms with Gasteiger partial charge >= 0.3 is 0 Å². The summed E-state index contributed by atoms with van der Waals surface area (Å²) in [7, 11) is 0. The standard InChI is InChI=1S/C20H17NO/c1-20(22,19-8-4-5-11-21-19)16-10-9-15-12-14-6-2-3-7-17(14)18(15)13-16/h2-11,13,22H,12H2,1H3. The van der Waals surface area contributed by atoms with Crippen LogP contribution < -0.4 is 0 Å². The predicted octanol–water partition coefficient (Wildman–Crippen LogP) is 3.91. The largest absolute Gasteiger partial charge is 0.379 e. The monoisotopic (exact) mass is 287 g/mol. The fourth-order valence-corrected chi connectivity index (χ4v) is 3.23. The molecule has 1 unspecified atom stereocenters. The zero-order chi connectivity index (χ0) is 15.2. The Morgan fingerprint density at radius 1 is 0.909 bits per heavy atom. The third-order valence-electron chi connectivity index (χ3n) is 4.52. The lowest BCUT2D eigenvalue weighted by molar-refractivity contribution is 0.0974. The molecule has 0 saturated carbocycles. The molecule has 1 aromatic heterocycles. The maximum absolute atomic E-state index is 11.0. The summed E-state index contributed by atoms with van der Waals surface area (Å²) in [5, 5.41) is 11.0. The van der Waals surface area contributed by atoms with Gasteiger partial charge in [0.25, 0.3) is 0 Å². The number of hydrogen-bond donors (Lipinski definition) is 1. The average molecular weight is 287 g/mol. The summed E-state index contributed by atoms with van der Waals surface area (Å²) in [5.74, 6) is 0. The van der Waals surface area contributed by atoms with Gasteiger partial charge in [-0.25, -0.2) is 0 Å². The van der Waals surface area contributed by atoms with Gasteiger partial charge in [-0.1, -0.05) is 42.5 Å². The molecular formula is C20H17NO. The van der Waals surface area contributed by atoms with E-state index in [0.29, 0.717) is 5.69 Å². The maximum atomic E-state index is 11.0. The molecule has 0 aliphatic heterocycles. The van der Waals surface area contributed by atoms with Crippen molar-refractivity contribution in [2.75, 3.05) is 0 Å². The lowest BCUT2D eigenvalue weighted by Crippen LogP contribution is -2.24. The van der Waals surface area contributed by atoms with Crippen LogP contribution in [0, 0.1) is 0 Å². The van der Waals surface area contributed by atoms with Crippen molar-refractivity contribution in [2.45, 2.75) is 18.9 Å². The summed E-state index contributed by atoms with van der Waals surface area (Å²) in [6, 6.07) is 20.3. The average Bonchev–Trinajstić information content (AvgIpc) is 2.93. The Hall–Kier alpha value is -2.45. The fraction of sp³-hybridized carbons (Fsp3) is 0.150. The second-order valence-electron chi connectivity index (χ2n) is 5.99. The molecule has 1 N–H and O–H groups in total. The van der Waals surface area contributed by atoms with Crippen LogP contribution in [0.4, 0.5) is 0 Å². The number of benzene rings is 2. The molecule has 0 fully saturated rings. The SMILES string of the molecule is CC(O)(c1ccc2c(c1)-c1ccccc1C2)c1ccccn1. The number of rotatable bonds is 2. The van der Waals surface area contributed by atoms with Gasteiger partial charge in [0, 0.05) is 6.20 Å². The molecule has 0 bridgehead atoms. The first-order valence-corrected chi connectivity index (χ1v) is 7.52. The van der Waals surface area contributed by atoms with Crippen LogP contribution in [0.3, 0.4) is 0 Å². The number of pyridine rings is 1. The van der Waals surface area contributed by atoms with Gasteiger partial charge in [0.1, 0.15) is 5.60 Å². The van der Waals surface area contributed by atoms with E-state index in [0.717, 1.165) is 12.0 Å². The maximum Gasteiger partial charge on any atom is 0.129 e. The molecule has 0 amide bonds. The molecular weight excluding hydrogens is 270 g/mol. The van der Waals surface area contributed by atoms with E-state index in [1.807, 2.05) is 24.3 Å². The van der Waals surface area contributed by atoms with Crippen molar-refractivity contribution in [3.63, 3.8) is 0 Å². The summed E-state index contributed by atoms with van der Waals surface area (Å²) < 4.78 is 0. The third-order valence-corrected chi connectivity index (χ3v) is 4.52. The van der Waals surface area contributed by atoms with Crippen molar-refractivity contribution in [3.05, 3.63) is 89.2 Å². The van der Waals surface area contributed by atoms with E-state index in [1.54, 1.807) is 13.1 Å². The number of nitrogens with zero attached hydrogens (tertiary/aromatic N) is 1. The van der Waals surface area contributed by atoms with Crippen LogP contribution in [0.2, 0.25) is 0 Å². The first-order chi connectivity index (χ1) is 10.7. The van der Waals surface area contributed by atoms with Crippen molar-refractivity contribution >= 4 is 0 Å². The topological polar surface area (TPSA) is 33.1 Å². The summed E-state index contributed by atoms with van der Waals surface area (Å²) >= 11 is 0. The molecule has 2 nitrogen and oxygen atoms in total. The fourth-order valence-electron chi connectivity index (χ4n) is 3.23. The van der Waals surface area contributed by atoms with Crippen molar-refractivity contribution in [3.8, 4) is 11.1 Å². The summed E-state index contributed by atoms with van der Waals surface area (Å²) in [6.45, 7) is 1.80. The van der Waals surface area contributed by atoms with Gasteiger partial charge in [0.15, 0.2) is 0 Å². The van der Waals surface area contributed by atoms with Gasteiger partial charge in [-0.2, -0.15) is 0 Å². The molecule has 1 aliphatic carbocycles. The van der Waals surface area contributed by atoms with Gasteiger partial charge in [-0.3, -0.25) is 4.98 Å². The molecule has 0 radical (unpaired) electrons. The minimum Gasteiger partial charge on any atom is -0.379 e. The highest BCUT2D eigenvalue weighted by atomic mass is 16.3. The molecule has 22 heavy (non-hydrogen) atoms. The number of hydrogen-bond acceptors (Lipinski definition) is 2. The van der Waals surface area contributed by atoms with E-state index >= 15 is 0 Å². The minimum atomic E-state index is -1.09. The molecule has 1 aliphatic rings. The van der Waals surface area contributed by atoms with E-state index in [9.17, 15) is 5.11 Å². The lowest BCUT2D eigenvalue weighted by Gasteiger charge is -2.24. The lowest BCUT2D eigenvalue weighted by atomic mass is 9.89. The predicted molar refractivity (Wildman–Crippen MR) is 87.6 cm³/mol. The van der Waals surface area contributed by atoms with Gasteiger partial charge in [0.05, 0.1) is 5.69 Å². The van der Waals surface area contributed by atoms with Crippen LogP contribution in [0.1, 0.15) is 29.3 Å². The molecule has 3 aromatic rings. The quantitative estimate of drug-likeness (QED) is 0.606. The van der Waals surface area contributed by atoms with Crippen LogP contribution in [0.25, 0.3) is 11.1 Å². The first-order valence-electron chi connectivity index (χ1n) is 7.52. The van der Waals surface area contributed by atoms with E-state index in [2.05, 4.69) is 41.4 Å². The van der Waals surface area contributed by atoms with Crippen molar-refractivity contribution in [1.29, 1.82) is 0 Å². The smallest absolute Gasteiger partial charge is 0.129 e. The first kappa shape index (κ1) is 13.2. The molecule has 1 atom stereocenters. The highest BCUT2D eigenvalue weighted by Crippen LogP contribution is 2.39. The summed E-state index contributed by atoms with van der Waals surface area (Å²) in [6.07, 6.45) is 2.68. The van der Waals surface area contributed by atoms with Crippen LogP contribution in [0.5, 0.6) is 0 Å². The minimum absolute atomic E-state index is 0.668. The van der Waals surface area contributed by atoms with E-state index in [4.69, 9.17) is 0 Å². The zero-order valence-corrected chi connectivity index (χ0v) is 12.5. The third kappa shape index (κ3) is 1.96. The normalized spacial score (nSPS) is 15.0.